The Kier molecular flexibility index (Phi) is 3.00. The zero-order valence-electron chi connectivity index (χ0n) is 10.2. The summed E-state index contributed by atoms with van der Waals surface area (Å²) in [7, 11) is 0. The molecule has 3 rings (SSSR count). The van der Waals surface area contributed by atoms with E-state index in [9.17, 15) is 0 Å². The Morgan fingerprint density at radius 3 is 2.95 bits per heavy atom. The monoisotopic (exact) mass is 274 g/mol. The second-order valence-corrected chi connectivity index (χ2v) is 4.36. The summed E-state index contributed by atoms with van der Waals surface area (Å²) in [5.41, 5.74) is 2.47. The van der Waals surface area contributed by atoms with Gasteiger partial charge in [0, 0.05) is 18.6 Å². The van der Waals surface area contributed by atoms with Crippen LogP contribution in [0.1, 0.15) is 11.4 Å². The van der Waals surface area contributed by atoms with Gasteiger partial charge in [-0.3, -0.25) is 9.97 Å². The third kappa shape index (κ3) is 2.34. The number of aromatic nitrogens is 5. The van der Waals surface area contributed by atoms with Crippen LogP contribution in [0, 0.1) is 6.92 Å². The number of nitrogens with zero attached hydrogens (tertiary/aromatic N) is 4. The molecule has 0 atom stereocenters. The van der Waals surface area contributed by atoms with E-state index in [0.29, 0.717) is 18.0 Å². The second-order valence-electron chi connectivity index (χ2n) is 4.02. The first-order valence-electron chi connectivity index (χ1n) is 5.75. The van der Waals surface area contributed by atoms with E-state index >= 15 is 0 Å². The van der Waals surface area contributed by atoms with Crippen molar-refractivity contribution in [1.82, 2.24) is 24.9 Å². The Bertz CT molecular complexity index is 723. The summed E-state index contributed by atoms with van der Waals surface area (Å²) in [4.78, 5) is 19.8. The molecule has 96 valence electrons. The molecule has 0 aliphatic heterocycles. The van der Waals surface area contributed by atoms with Crippen LogP contribution in [0.15, 0.2) is 24.7 Å². The maximum Gasteiger partial charge on any atom is 0.226 e. The summed E-state index contributed by atoms with van der Waals surface area (Å²) in [5, 5.41) is 4.31. The van der Waals surface area contributed by atoms with Crippen molar-refractivity contribution in [1.29, 1.82) is 0 Å². The van der Waals surface area contributed by atoms with Gasteiger partial charge >= 0.3 is 0 Å². The van der Waals surface area contributed by atoms with Gasteiger partial charge < -0.3 is 10.3 Å². The first-order chi connectivity index (χ1) is 9.24. The van der Waals surface area contributed by atoms with Gasteiger partial charge in [-0.1, -0.05) is 0 Å². The number of anilines is 1. The Morgan fingerprint density at radius 2 is 2.11 bits per heavy atom. The van der Waals surface area contributed by atoms with E-state index in [-0.39, 0.29) is 5.28 Å². The fourth-order valence-electron chi connectivity index (χ4n) is 1.83. The Morgan fingerprint density at radius 1 is 1.26 bits per heavy atom. The van der Waals surface area contributed by atoms with Gasteiger partial charge in [0.25, 0.3) is 0 Å². The van der Waals surface area contributed by atoms with Crippen LogP contribution in [0.4, 0.5) is 5.82 Å². The molecule has 0 saturated carbocycles. The van der Waals surface area contributed by atoms with E-state index < -0.39 is 0 Å². The van der Waals surface area contributed by atoms with Crippen molar-refractivity contribution in [2.45, 2.75) is 13.5 Å². The molecule has 7 heteroatoms. The predicted molar refractivity (Wildman–Crippen MR) is 73.0 cm³/mol. The van der Waals surface area contributed by atoms with Crippen LogP contribution in [0.2, 0.25) is 5.28 Å². The minimum absolute atomic E-state index is 0.202. The Labute approximate surface area is 114 Å². The zero-order chi connectivity index (χ0) is 13.2. The number of aromatic amines is 1. The lowest BCUT2D eigenvalue weighted by molar-refractivity contribution is 0.958. The van der Waals surface area contributed by atoms with Crippen molar-refractivity contribution in [2.75, 3.05) is 5.32 Å². The minimum atomic E-state index is 0.202. The fourth-order valence-corrected chi connectivity index (χ4v) is 2.00. The highest BCUT2D eigenvalue weighted by Crippen LogP contribution is 2.21. The third-order valence-electron chi connectivity index (χ3n) is 2.79. The van der Waals surface area contributed by atoms with Crippen molar-refractivity contribution in [3.63, 3.8) is 0 Å². The largest absolute Gasteiger partial charge is 0.364 e. The second kappa shape index (κ2) is 4.81. The van der Waals surface area contributed by atoms with E-state index in [1.165, 1.54) is 0 Å². The SMILES string of the molecule is Cc1nccnc1CNc1nc(Cl)nc2[nH]ccc12. The molecule has 0 radical (unpaired) electrons. The molecule has 0 unspecified atom stereocenters. The topological polar surface area (TPSA) is 79.4 Å². The third-order valence-corrected chi connectivity index (χ3v) is 2.96. The lowest BCUT2D eigenvalue weighted by Gasteiger charge is -2.07. The van der Waals surface area contributed by atoms with Crippen LogP contribution in [0.5, 0.6) is 0 Å². The normalized spacial score (nSPS) is 10.8. The lowest BCUT2D eigenvalue weighted by atomic mass is 10.3. The highest BCUT2D eigenvalue weighted by Gasteiger charge is 2.08. The first-order valence-corrected chi connectivity index (χ1v) is 6.13. The van der Waals surface area contributed by atoms with Gasteiger partial charge in [0.15, 0.2) is 0 Å². The van der Waals surface area contributed by atoms with Gasteiger partial charge in [0.2, 0.25) is 5.28 Å². The van der Waals surface area contributed by atoms with Crippen molar-refractivity contribution in [2.24, 2.45) is 0 Å². The molecule has 3 aromatic rings. The van der Waals surface area contributed by atoms with E-state index in [4.69, 9.17) is 11.6 Å². The molecule has 6 nitrogen and oxygen atoms in total. The molecular formula is C12H11ClN6. The molecular weight excluding hydrogens is 264 g/mol. The summed E-state index contributed by atoms with van der Waals surface area (Å²) in [6.07, 6.45) is 5.14. The highest BCUT2D eigenvalue weighted by molar-refractivity contribution is 6.28. The average molecular weight is 275 g/mol. The molecule has 0 spiro atoms. The molecule has 2 N–H and O–H groups in total. The summed E-state index contributed by atoms with van der Waals surface area (Å²) >= 11 is 5.88. The van der Waals surface area contributed by atoms with E-state index in [1.54, 1.807) is 18.6 Å². The van der Waals surface area contributed by atoms with Crippen LogP contribution in [0.25, 0.3) is 11.0 Å². The standard InChI is InChI=1S/C12H11ClN6/c1-7-9(15-5-4-14-7)6-17-11-8-2-3-16-10(8)18-12(13)19-11/h2-5H,6H2,1H3,(H2,16,17,18,19). The molecule has 19 heavy (non-hydrogen) atoms. The molecule has 0 saturated heterocycles. The zero-order valence-corrected chi connectivity index (χ0v) is 10.9. The highest BCUT2D eigenvalue weighted by atomic mass is 35.5. The van der Waals surface area contributed by atoms with Crippen molar-refractivity contribution in [3.8, 4) is 0 Å². The predicted octanol–water partition coefficient (Wildman–Crippen LogP) is 2.32. The molecule has 3 aromatic heterocycles. The minimum Gasteiger partial charge on any atom is -0.364 e. The number of halogens is 1. The number of aryl methyl sites for hydroxylation is 1. The number of fused-ring (bicyclic) bond motifs is 1. The maximum absolute atomic E-state index is 5.88. The van der Waals surface area contributed by atoms with Crippen LogP contribution < -0.4 is 5.32 Å². The number of H-pyrrole nitrogens is 1. The summed E-state index contributed by atoms with van der Waals surface area (Å²) in [6, 6.07) is 1.90. The van der Waals surface area contributed by atoms with Gasteiger partial charge in [0.1, 0.15) is 11.5 Å². The maximum atomic E-state index is 5.88. The fraction of sp³-hybridized carbons (Fsp3) is 0.167. The van der Waals surface area contributed by atoms with Crippen LogP contribution in [0.3, 0.4) is 0 Å². The molecule has 0 aromatic carbocycles. The molecule has 0 aliphatic rings. The summed E-state index contributed by atoms with van der Waals surface area (Å²) in [5.74, 6) is 0.682. The van der Waals surface area contributed by atoms with Gasteiger partial charge in [0.05, 0.1) is 23.3 Å². The summed E-state index contributed by atoms with van der Waals surface area (Å²) in [6.45, 7) is 2.45. The first kappa shape index (κ1) is 11.9. The van der Waals surface area contributed by atoms with Crippen molar-refractivity contribution >= 4 is 28.5 Å². The average Bonchev–Trinajstić information content (AvgIpc) is 2.85. The number of rotatable bonds is 3. The van der Waals surface area contributed by atoms with Gasteiger partial charge in [-0.05, 0) is 24.6 Å². The van der Waals surface area contributed by atoms with Gasteiger partial charge in [-0.25, -0.2) is 4.98 Å². The number of hydrogen-bond donors (Lipinski definition) is 2. The smallest absolute Gasteiger partial charge is 0.226 e. The number of hydrogen-bond acceptors (Lipinski definition) is 5. The Hall–Kier alpha value is -2.21. The number of nitrogens with one attached hydrogen (secondary N) is 2. The van der Waals surface area contributed by atoms with E-state index in [2.05, 4.69) is 30.2 Å². The molecule has 3 heterocycles. The van der Waals surface area contributed by atoms with Gasteiger partial charge in [-0.2, -0.15) is 4.98 Å². The lowest BCUT2D eigenvalue weighted by Crippen LogP contribution is -2.06. The van der Waals surface area contributed by atoms with Crippen LogP contribution in [-0.2, 0) is 6.54 Å². The molecule has 0 aliphatic carbocycles. The molecule has 0 fully saturated rings. The van der Waals surface area contributed by atoms with Crippen LogP contribution >= 0.6 is 11.6 Å². The van der Waals surface area contributed by atoms with Crippen molar-refractivity contribution < 1.29 is 0 Å². The summed E-state index contributed by atoms with van der Waals surface area (Å²) < 4.78 is 0. The van der Waals surface area contributed by atoms with E-state index in [0.717, 1.165) is 16.8 Å². The molecule has 0 bridgehead atoms. The van der Waals surface area contributed by atoms with Crippen LogP contribution in [-0.4, -0.2) is 24.9 Å². The van der Waals surface area contributed by atoms with Crippen molar-refractivity contribution in [3.05, 3.63) is 41.3 Å². The van der Waals surface area contributed by atoms with Gasteiger partial charge in [-0.15, -0.1) is 0 Å². The Balaban J connectivity index is 1.90. The van der Waals surface area contributed by atoms with E-state index in [1.807, 2.05) is 13.0 Å². The quantitative estimate of drug-likeness (QED) is 0.717. The molecule has 0 amide bonds.